The first-order valence-corrected chi connectivity index (χ1v) is 18.1. The molecule has 0 spiro atoms. The zero-order valence-corrected chi connectivity index (χ0v) is 26.9. The van der Waals surface area contributed by atoms with Crippen molar-refractivity contribution >= 4 is 33.7 Å². The summed E-state index contributed by atoms with van der Waals surface area (Å²) in [5.41, 5.74) is 3.84. The maximum atomic E-state index is 13.4. The second kappa shape index (κ2) is 16.4. The molecule has 1 aliphatic carbocycles. The minimum absolute atomic E-state index is 0.250. The molecule has 1 aliphatic rings. The smallest absolute Gasteiger partial charge is 0.326 e. The summed E-state index contributed by atoms with van der Waals surface area (Å²) in [6.45, 7) is 4.78. The predicted octanol–water partition coefficient (Wildman–Crippen LogP) is 5.74. The number of likely N-dealkylation sites (N-methyl/N-ethyl adjacent to an activating group) is 1. The van der Waals surface area contributed by atoms with Gasteiger partial charge in [-0.3, -0.25) is 4.79 Å². The van der Waals surface area contributed by atoms with Crippen LogP contribution in [0, 0.1) is 12.8 Å². The number of aryl methyl sites for hydroxylation is 1. The van der Waals surface area contributed by atoms with Crippen molar-refractivity contribution in [1.29, 1.82) is 0 Å². The van der Waals surface area contributed by atoms with E-state index in [4.69, 9.17) is 4.74 Å². The van der Waals surface area contributed by atoms with E-state index >= 15 is 0 Å². The molecule has 232 valence electrons. The number of carbonyl (C=O) groups is 2. The van der Waals surface area contributed by atoms with Crippen LogP contribution in [0.15, 0.2) is 42.5 Å². The van der Waals surface area contributed by atoms with Crippen LogP contribution in [0.3, 0.4) is 0 Å². The number of carbonyl (C=O) groups excluding carboxylic acids is 1. The number of aliphatic carboxylic acids is 1. The second-order valence-electron chi connectivity index (χ2n) is 11.2. The van der Waals surface area contributed by atoms with Crippen molar-refractivity contribution < 1.29 is 27.9 Å². The van der Waals surface area contributed by atoms with Crippen LogP contribution < -0.4 is 5.32 Å². The molecular formula is C32H46N2O6S2. The molecule has 3 rings (SSSR count). The highest BCUT2D eigenvalue weighted by Crippen LogP contribution is 2.31. The highest BCUT2D eigenvalue weighted by Gasteiger charge is 2.26. The zero-order chi connectivity index (χ0) is 30.7. The summed E-state index contributed by atoms with van der Waals surface area (Å²) in [7, 11) is -3.35. The maximum Gasteiger partial charge on any atom is 0.326 e. The van der Waals surface area contributed by atoms with Crippen molar-refractivity contribution in [3.63, 3.8) is 0 Å². The molecule has 2 N–H and O–H groups in total. The Balaban J connectivity index is 1.88. The van der Waals surface area contributed by atoms with E-state index in [0.717, 1.165) is 36.0 Å². The number of carboxylic acid groups (broad SMARTS) is 1. The largest absolute Gasteiger partial charge is 0.480 e. The average Bonchev–Trinajstić information content (AvgIpc) is 2.96. The SMILES string of the molecule is CCN(CC(CC1CCCCC1)OCc1ccc(C(=O)N[C@@H](CCSC)C(=O)O)c(-c2ccccc2C)c1)S(C)(=O)=O. The number of carboxylic acids is 1. The molecule has 0 radical (unpaired) electrons. The van der Waals surface area contributed by atoms with E-state index in [2.05, 4.69) is 5.32 Å². The molecule has 10 heteroatoms. The molecular weight excluding hydrogens is 572 g/mol. The summed E-state index contributed by atoms with van der Waals surface area (Å²) in [5, 5.41) is 12.4. The molecule has 1 saturated carbocycles. The highest BCUT2D eigenvalue weighted by molar-refractivity contribution is 7.98. The van der Waals surface area contributed by atoms with Crippen LogP contribution in [0.4, 0.5) is 0 Å². The van der Waals surface area contributed by atoms with Gasteiger partial charge in [0.05, 0.1) is 19.0 Å². The van der Waals surface area contributed by atoms with Gasteiger partial charge in [0.1, 0.15) is 6.04 Å². The first-order chi connectivity index (χ1) is 20.0. The van der Waals surface area contributed by atoms with Gasteiger partial charge in [0.15, 0.2) is 0 Å². The number of ether oxygens (including phenoxy) is 1. The van der Waals surface area contributed by atoms with E-state index in [-0.39, 0.29) is 12.7 Å². The number of hydrogen-bond donors (Lipinski definition) is 2. The first kappa shape index (κ1) is 34.1. The normalized spacial score (nSPS) is 15.8. The van der Waals surface area contributed by atoms with Gasteiger partial charge < -0.3 is 15.2 Å². The Morgan fingerprint density at radius 3 is 2.45 bits per heavy atom. The molecule has 1 unspecified atom stereocenters. The summed E-state index contributed by atoms with van der Waals surface area (Å²) in [6.07, 6.45) is 9.96. The van der Waals surface area contributed by atoms with Crippen molar-refractivity contribution in [3.05, 3.63) is 59.2 Å². The Morgan fingerprint density at radius 2 is 1.83 bits per heavy atom. The minimum atomic E-state index is -3.35. The van der Waals surface area contributed by atoms with Crippen LogP contribution >= 0.6 is 11.8 Å². The molecule has 2 atom stereocenters. The summed E-state index contributed by atoms with van der Waals surface area (Å²) in [6, 6.07) is 12.3. The molecule has 0 aromatic heterocycles. The quantitative estimate of drug-likeness (QED) is 0.247. The van der Waals surface area contributed by atoms with Gasteiger partial charge in [-0.15, -0.1) is 0 Å². The molecule has 0 aliphatic heterocycles. The van der Waals surface area contributed by atoms with Crippen LogP contribution in [0.1, 0.15) is 73.4 Å². The lowest BCUT2D eigenvalue weighted by Gasteiger charge is -2.30. The Bertz CT molecular complexity index is 1290. The third kappa shape index (κ3) is 10.1. The lowest BCUT2D eigenvalue weighted by molar-refractivity contribution is -0.139. The maximum absolute atomic E-state index is 13.4. The molecule has 8 nitrogen and oxygen atoms in total. The Labute approximate surface area is 255 Å². The number of hydrogen-bond acceptors (Lipinski definition) is 6. The van der Waals surface area contributed by atoms with E-state index in [0.29, 0.717) is 42.3 Å². The Kier molecular flexibility index (Phi) is 13.4. The van der Waals surface area contributed by atoms with Gasteiger partial charge in [-0.05, 0) is 72.1 Å². The molecule has 1 amide bonds. The van der Waals surface area contributed by atoms with Gasteiger partial charge in [0.25, 0.3) is 5.91 Å². The van der Waals surface area contributed by atoms with Crippen molar-refractivity contribution in [2.24, 2.45) is 5.92 Å². The molecule has 42 heavy (non-hydrogen) atoms. The number of nitrogens with one attached hydrogen (secondary N) is 1. The van der Waals surface area contributed by atoms with Crippen molar-refractivity contribution in [2.45, 2.75) is 77.5 Å². The minimum Gasteiger partial charge on any atom is -0.480 e. The van der Waals surface area contributed by atoms with Gasteiger partial charge in [0.2, 0.25) is 10.0 Å². The van der Waals surface area contributed by atoms with Crippen LogP contribution in [-0.2, 0) is 26.2 Å². The number of sulfonamides is 1. The standard InChI is InChI=1S/C32H46N2O6S2/c1-5-34(42(4,38)39)21-26(19-24-12-7-6-8-13-24)40-22-25-15-16-28(29(20-25)27-14-10-9-11-23(27)2)31(35)33-30(32(36)37)17-18-41-3/h9-11,14-16,20,24,26,30H,5-8,12-13,17-19,21-22H2,1-4H3,(H,33,35)(H,36,37)/t26?,30-/m0/s1. The van der Waals surface area contributed by atoms with E-state index in [9.17, 15) is 23.1 Å². The third-order valence-electron chi connectivity index (χ3n) is 8.01. The molecule has 0 saturated heterocycles. The molecule has 2 aromatic carbocycles. The predicted molar refractivity (Wildman–Crippen MR) is 170 cm³/mol. The highest BCUT2D eigenvalue weighted by atomic mass is 32.2. The lowest BCUT2D eigenvalue weighted by atomic mass is 9.85. The average molecular weight is 619 g/mol. The van der Waals surface area contributed by atoms with Crippen LogP contribution in [0.5, 0.6) is 0 Å². The van der Waals surface area contributed by atoms with Crippen LogP contribution in [-0.4, -0.2) is 73.2 Å². The van der Waals surface area contributed by atoms with Gasteiger partial charge in [-0.25, -0.2) is 13.2 Å². The Morgan fingerprint density at radius 1 is 1.12 bits per heavy atom. The summed E-state index contributed by atoms with van der Waals surface area (Å²) in [5.74, 6) is -0.353. The Hall–Kier alpha value is -2.40. The monoisotopic (exact) mass is 618 g/mol. The summed E-state index contributed by atoms with van der Waals surface area (Å²) < 4.78 is 32.6. The van der Waals surface area contributed by atoms with Gasteiger partial charge in [-0.2, -0.15) is 16.1 Å². The molecule has 1 fully saturated rings. The number of thioether (sulfide) groups is 1. The lowest BCUT2D eigenvalue weighted by Crippen LogP contribution is -2.41. The van der Waals surface area contributed by atoms with Crippen LogP contribution in [0.2, 0.25) is 0 Å². The number of benzene rings is 2. The van der Waals surface area contributed by atoms with E-state index in [1.165, 1.54) is 41.6 Å². The second-order valence-corrected chi connectivity index (χ2v) is 14.2. The fraction of sp³-hybridized carbons (Fsp3) is 0.562. The fourth-order valence-electron chi connectivity index (χ4n) is 5.64. The zero-order valence-electron chi connectivity index (χ0n) is 25.3. The number of nitrogens with zero attached hydrogens (tertiary/aromatic N) is 1. The van der Waals surface area contributed by atoms with Gasteiger partial charge in [-0.1, -0.05) is 69.4 Å². The van der Waals surface area contributed by atoms with E-state index in [1.54, 1.807) is 6.07 Å². The van der Waals surface area contributed by atoms with Crippen molar-refractivity contribution in [1.82, 2.24) is 9.62 Å². The first-order valence-electron chi connectivity index (χ1n) is 14.8. The number of amides is 1. The van der Waals surface area contributed by atoms with E-state index < -0.39 is 27.9 Å². The summed E-state index contributed by atoms with van der Waals surface area (Å²) in [4.78, 5) is 25.2. The van der Waals surface area contributed by atoms with E-state index in [1.807, 2.05) is 56.5 Å². The molecule has 0 bridgehead atoms. The number of rotatable bonds is 16. The fourth-order valence-corrected chi connectivity index (χ4v) is 7.01. The molecule has 2 aromatic rings. The van der Waals surface area contributed by atoms with Gasteiger partial charge in [0, 0.05) is 18.7 Å². The third-order valence-corrected chi connectivity index (χ3v) is 10.0. The van der Waals surface area contributed by atoms with Crippen molar-refractivity contribution in [3.8, 4) is 11.1 Å². The topological polar surface area (TPSA) is 113 Å². The van der Waals surface area contributed by atoms with Gasteiger partial charge >= 0.3 is 5.97 Å². The summed E-state index contributed by atoms with van der Waals surface area (Å²) >= 11 is 1.53. The van der Waals surface area contributed by atoms with Crippen LogP contribution in [0.25, 0.3) is 11.1 Å². The molecule has 0 heterocycles. The van der Waals surface area contributed by atoms with Crippen molar-refractivity contribution in [2.75, 3.05) is 31.4 Å².